The van der Waals surface area contributed by atoms with Gasteiger partial charge in [-0.25, -0.2) is 0 Å². The molecule has 2 amide bonds. The van der Waals surface area contributed by atoms with E-state index in [9.17, 15) is 9.59 Å². The van der Waals surface area contributed by atoms with Crippen LogP contribution in [0.5, 0.6) is 0 Å². The lowest BCUT2D eigenvalue weighted by molar-refractivity contribution is 0.0743. The van der Waals surface area contributed by atoms with Gasteiger partial charge in [-0.1, -0.05) is 54.9 Å². The number of rotatable bonds is 7. The quantitative estimate of drug-likeness (QED) is 0.540. The molecule has 6 heteroatoms. The second kappa shape index (κ2) is 9.53. The van der Waals surface area contributed by atoms with Gasteiger partial charge in [0.25, 0.3) is 11.8 Å². The SMILES string of the molecule is CCCN(Cc1ccccc1)C(=O)c1ccc(Cl)c(NC(=O)c2cccs2)c1. The summed E-state index contributed by atoms with van der Waals surface area (Å²) in [7, 11) is 0. The van der Waals surface area contributed by atoms with Gasteiger partial charge in [0.2, 0.25) is 0 Å². The lowest BCUT2D eigenvalue weighted by Crippen LogP contribution is -2.31. The monoisotopic (exact) mass is 412 g/mol. The van der Waals surface area contributed by atoms with Gasteiger partial charge in [0.1, 0.15) is 0 Å². The molecule has 0 radical (unpaired) electrons. The summed E-state index contributed by atoms with van der Waals surface area (Å²) in [5.74, 6) is -0.329. The third-order valence-electron chi connectivity index (χ3n) is 4.20. The summed E-state index contributed by atoms with van der Waals surface area (Å²) in [6.45, 7) is 3.22. The number of hydrogen-bond donors (Lipinski definition) is 1. The Balaban J connectivity index is 1.80. The molecule has 0 fully saturated rings. The van der Waals surface area contributed by atoms with Crippen LogP contribution >= 0.6 is 22.9 Å². The van der Waals surface area contributed by atoms with Crippen molar-refractivity contribution in [3.63, 3.8) is 0 Å². The number of thiophene rings is 1. The molecular formula is C22H21ClN2O2S. The van der Waals surface area contributed by atoms with Gasteiger partial charge in [0.05, 0.1) is 15.6 Å². The van der Waals surface area contributed by atoms with Gasteiger partial charge in [-0.05, 0) is 41.6 Å². The van der Waals surface area contributed by atoms with E-state index in [-0.39, 0.29) is 11.8 Å². The smallest absolute Gasteiger partial charge is 0.265 e. The zero-order valence-electron chi connectivity index (χ0n) is 15.5. The summed E-state index contributed by atoms with van der Waals surface area (Å²) in [6.07, 6.45) is 0.855. The molecule has 28 heavy (non-hydrogen) atoms. The normalized spacial score (nSPS) is 10.5. The Morgan fingerprint density at radius 1 is 1.07 bits per heavy atom. The largest absolute Gasteiger partial charge is 0.334 e. The molecule has 0 saturated heterocycles. The van der Waals surface area contributed by atoms with E-state index in [2.05, 4.69) is 5.32 Å². The van der Waals surface area contributed by atoms with Gasteiger partial charge in [-0.3, -0.25) is 9.59 Å². The van der Waals surface area contributed by atoms with E-state index in [1.807, 2.05) is 53.6 Å². The summed E-state index contributed by atoms with van der Waals surface area (Å²) in [5, 5.41) is 5.03. The van der Waals surface area contributed by atoms with Crippen molar-refractivity contribution in [3.05, 3.63) is 87.1 Å². The van der Waals surface area contributed by atoms with Gasteiger partial charge in [-0.15, -0.1) is 11.3 Å². The van der Waals surface area contributed by atoms with Crippen molar-refractivity contribution in [1.29, 1.82) is 0 Å². The first-order valence-electron chi connectivity index (χ1n) is 9.06. The minimum atomic E-state index is -0.240. The van der Waals surface area contributed by atoms with Gasteiger partial charge in [-0.2, -0.15) is 0 Å². The van der Waals surface area contributed by atoms with Crippen LogP contribution in [0, 0.1) is 0 Å². The maximum atomic E-state index is 13.1. The first-order valence-corrected chi connectivity index (χ1v) is 10.3. The molecule has 0 aliphatic heterocycles. The van der Waals surface area contributed by atoms with Crippen molar-refractivity contribution in [2.24, 2.45) is 0 Å². The Morgan fingerprint density at radius 2 is 1.86 bits per heavy atom. The zero-order chi connectivity index (χ0) is 19.9. The predicted octanol–water partition coefficient (Wildman–Crippen LogP) is 5.71. The van der Waals surface area contributed by atoms with Crippen molar-refractivity contribution in [1.82, 2.24) is 4.90 Å². The van der Waals surface area contributed by atoms with Crippen molar-refractivity contribution in [2.45, 2.75) is 19.9 Å². The highest BCUT2D eigenvalue weighted by Gasteiger charge is 2.18. The first kappa shape index (κ1) is 20.1. The molecule has 3 rings (SSSR count). The van der Waals surface area contributed by atoms with E-state index in [1.54, 1.807) is 24.3 Å². The molecule has 3 aromatic rings. The van der Waals surface area contributed by atoms with Gasteiger partial charge < -0.3 is 10.2 Å². The molecule has 0 unspecified atom stereocenters. The van der Waals surface area contributed by atoms with Crippen molar-refractivity contribution in [3.8, 4) is 0 Å². The molecule has 1 N–H and O–H groups in total. The van der Waals surface area contributed by atoms with Crippen LogP contribution in [0.25, 0.3) is 0 Å². The van der Waals surface area contributed by atoms with E-state index >= 15 is 0 Å². The highest BCUT2D eigenvalue weighted by Crippen LogP contribution is 2.25. The third kappa shape index (κ3) is 5.00. The van der Waals surface area contributed by atoms with Crippen LogP contribution in [0.1, 0.15) is 38.9 Å². The molecule has 0 bridgehead atoms. The van der Waals surface area contributed by atoms with Gasteiger partial charge in [0.15, 0.2) is 0 Å². The Morgan fingerprint density at radius 3 is 2.54 bits per heavy atom. The summed E-state index contributed by atoms with van der Waals surface area (Å²) in [6, 6.07) is 18.4. The fourth-order valence-corrected chi connectivity index (χ4v) is 3.64. The minimum absolute atomic E-state index is 0.0889. The van der Waals surface area contributed by atoms with Gasteiger partial charge in [0, 0.05) is 18.7 Å². The highest BCUT2D eigenvalue weighted by atomic mass is 35.5. The molecule has 0 saturated carbocycles. The van der Waals surface area contributed by atoms with Crippen LogP contribution in [0.3, 0.4) is 0 Å². The summed E-state index contributed by atoms with van der Waals surface area (Å²) in [4.78, 5) is 27.8. The third-order valence-corrected chi connectivity index (χ3v) is 5.40. The molecule has 0 atom stereocenters. The number of anilines is 1. The van der Waals surface area contributed by atoms with Crippen LogP contribution in [0.4, 0.5) is 5.69 Å². The summed E-state index contributed by atoms with van der Waals surface area (Å²) in [5.41, 5.74) is 2.00. The molecule has 1 heterocycles. The topological polar surface area (TPSA) is 49.4 Å². The maximum Gasteiger partial charge on any atom is 0.265 e. The number of benzene rings is 2. The van der Waals surface area contributed by atoms with Crippen LogP contribution in [0.15, 0.2) is 66.0 Å². The van der Waals surface area contributed by atoms with E-state index in [0.717, 1.165) is 12.0 Å². The Hall–Kier alpha value is -2.63. The van der Waals surface area contributed by atoms with Crippen LogP contribution in [-0.4, -0.2) is 23.3 Å². The Kier molecular flexibility index (Phi) is 6.85. The van der Waals surface area contributed by atoms with Crippen molar-refractivity contribution < 1.29 is 9.59 Å². The molecule has 144 valence electrons. The molecule has 0 aliphatic rings. The molecule has 2 aromatic carbocycles. The van der Waals surface area contributed by atoms with Crippen LogP contribution in [-0.2, 0) is 6.54 Å². The number of amides is 2. The van der Waals surface area contributed by atoms with Gasteiger partial charge >= 0.3 is 0 Å². The second-order valence-corrected chi connectivity index (χ2v) is 7.69. The average molecular weight is 413 g/mol. The highest BCUT2D eigenvalue weighted by molar-refractivity contribution is 7.12. The summed E-state index contributed by atoms with van der Waals surface area (Å²) >= 11 is 7.59. The molecule has 4 nitrogen and oxygen atoms in total. The Labute approximate surface area is 173 Å². The fraction of sp³-hybridized carbons (Fsp3) is 0.182. The average Bonchev–Trinajstić information content (AvgIpc) is 3.24. The van der Waals surface area contributed by atoms with E-state index in [1.165, 1.54) is 11.3 Å². The lowest BCUT2D eigenvalue weighted by Gasteiger charge is -2.23. The molecule has 0 aliphatic carbocycles. The van der Waals surface area contributed by atoms with E-state index in [0.29, 0.717) is 34.2 Å². The van der Waals surface area contributed by atoms with E-state index in [4.69, 9.17) is 11.6 Å². The number of hydrogen-bond acceptors (Lipinski definition) is 3. The first-order chi connectivity index (χ1) is 13.6. The number of halogens is 1. The fourth-order valence-electron chi connectivity index (χ4n) is 2.85. The number of nitrogens with zero attached hydrogens (tertiary/aromatic N) is 1. The maximum absolute atomic E-state index is 13.1. The van der Waals surface area contributed by atoms with Crippen LogP contribution < -0.4 is 5.32 Å². The molecule has 0 spiro atoms. The van der Waals surface area contributed by atoms with E-state index < -0.39 is 0 Å². The van der Waals surface area contributed by atoms with Crippen LogP contribution in [0.2, 0.25) is 5.02 Å². The number of carbonyl (C=O) groups excluding carboxylic acids is 2. The molecular weight excluding hydrogens is 392 g/mol. The second-order valence-electron chi connectivity index (χ2n) is 6.34. The standard InChI is InChI=1S/C22H21ClN2O2S/c1-2-12-25(15-16-7-4-3-5-8-16)22(27)17-10-11-18(23)19(14-17)24-21(26)20-9-6-13-28-20/h3-11,13-14H,2,12,15H2,1H3,(H,24,26). The Bertz CT molecular complexity index is 942. The minimum Gasteiger partial charge on any atom is -0.334 e. The predicted molar refractivity (Wildman–Crippen MR) is 115 cm³/mol. The molecule has 1 aromatic heterocycles. The lowest BCUT2D eigenvalue weighted by atomic mass is 10.1. The number of nitrogens with one attached hydrogen (secondary N) is 1. The van der Waals surface area contributed by atoms with Crippen molar-refractivity contribution in [2.75, 3.05) is 11.9 Å². The zero-order valence-corrected chi connectivity index (χ0v) is 17.1. The number of carbonyl (C=O) groups is 2. The summed E-state index contributed by atoms with van der Waals surface area (Å²) < 4.78 is 0. The van der Waals surface area contributed by atoms with Crippen molar-refractivity contribution >= 4 is 40.4 Å².